The van der Waals surface area contributed by atoms with Crippen LogP contribution in [0.4, 0.5) is 0 Å². The van der Waals surface area contributed by atoms with E-state index in [4.69, 9.17) is 10.1 Å². The number of para-hydroxylation sites is 1. The first-order chi connectivity index (χ1) is 13.1. The van der Waals surface area contributed by atoms with E-state index >= 15 is 0 Å². The second kappa shape index (κ2) is 7.56. The Hall–Kier alpha value is -2.60. The van der Waals surface area contributed by atoms with Crippen molar-refractivity contribution in [3.05, 3.63) is 72.1 Å². The number of likely N-dealkylation sites (N-methyl/N-ethyl adjacent to an activating group) is 1. The first-order valence-corrected chi connectivity index (χ1v) is 9.96. The van der Waals surface area contributed by atoms with Crippen LogP contribution in [-0.2, 0) is 4.79 Å². The number of benzene rings is 2. The van der Waals surface area contributed by atoms with E-state index in [0.717, 1.165) is 29.9 Å². The van der Waals surface area contributed by atoms with Crippen molar-refractivity contribution in [3.8, 4) is 5.69 Å². The summed E-state index contributed by atoms with van der Waals surface area (Å²) in [5, 5.41) is 5.03. The average molecular weight is 379 g/mol. The van der Waals surface area contributed by atoms with E-state index in [1.54, 1.807) is 19.0 Å². The molecule has 0 radical (unpaired) electrons. The van der Waals surface area contributed by atoms with Crippen molar-refractivity contribution in [1.29, 1.82) is 0 Å². The largest absolute Gasteiger partial charge is 0.348 e. The van der Waals surface area contributed by atoms with E-state index in [-0.39, 0.29) is 11.2 Å². The molecule has 0 saturated heterocycles. The lowest BCUT2D eigenvalue weighted by Gasteiger charge is -2.19. The highest BCUT2D eigenvalue weighted by atomic mass is 32.2. The molecule has 0 bridgehead atoms. The Morgan fingerprint density at radius 2 is 1.70 bits per heavy atom. The summed E-state index contributed by atoms with van der Waals surface area (Å²) in [6, 6.07) is 19.9. The molecule has 3 aromatic rings. The highest BCUT2D eigenvalue weighted by molar-refractivity contribution is 8.00. The molecular formula is C21H22N4OS. The van der Waals surface area contributed by atoms with Gasteiger partial charge in [0.05, 0.1) is 5.69 Å². The van der Waals surface area contributed by atoms with E-state index in [2.05, 4.69) is 0 Å². The summed E-state index contributed by atoms with van der Waals surface area (Å²) in [4.78, 5) is 19.2. The van der Waals surface area contributed by atoms with Crippen LogP contribution in [-0.4, -0.2) is 39.7 Å². The van der Waals surface area contributed by atoms with Crippen LogP contribution >= 0.6 is 11.8 Å². The molecule has 1 aromatic heterocycles. The van der Waals surface area contributed by atoms with Gasteiger partial charge in [-0.2, -0.15) is 0 Å². The molecule has 1 atom stereocenters. The third-order valence-electron chi connectivity index (χ3n) is 4.55. The second-order valence-electron chi connectivity index (χ2n) is 6.92. The molecule has 1 unspecified atom stereocenters. The minimum atomic E-state index is -0.361. The number of carbonyl (C=O) groups excluding carboxylic acids is 1. The number of hydrogen-bond acceptors (Lipinski definition) is 4. The van der Waals surface area contributed by atoms with E-state index in [9.17, 15) is 4.79 Å². The molecule has 1 aliphatic carbocycles. The van der Waals surface area contributed by atoms with Crippen molar-refractivity contribution in [2.75, 3.05) is 14.1 Å². The third kappa shape index (κ3) is 3.90. The fourth-order valence-electron chi connectivity index (χ4n) is 2.95. The summed E-state index contributed by atoms with van der Waals surface area (Å²) >= 11 is 1.42. The fourth-order valence-corrected chi connectivity index (χ4v) is 4.04. The van der Waals surface area contributed by atoms with Crippen LogP contribution in [0.2, 0.25) is 0 Å². The SMILES string of the molecule is CN(C)C(=O)C(Sc1nc(C2CC2)n(-c2ccccc2)n1)c1ccccc1. The number of carbonyl (C=O) groups is 1. The van der Waals surface area contributed by atoms with Gasteiger partial charge in [0.2, 0.25) is 11.1 Å². The topological polar surface area (TPSA) is 51.0 Å². The number of hydrogen-bond donors (Lipinski definition) is 0. The van der Waals surface area contributed by atoms with Crippen molar-refractivity contribution in [2.45, 2.75) is 29.2 Å². The van der Waals surface area contributed by atoms with Gasteiger partial charge in [0.1, 0.15) is 11.1 Å². The van der Waals surface area contributed by atoms with Crippen molar-refractivity contribution < 1.29 is 4.79 Å². The second-order valence-corrected chi connectivity index (χ2v) is 7.99. The van der Waals surface area contributed by atoms with Gasteiger partial charge in [0.25, 0.3) is 0 Å². The molecule has 27 heavy (non-hydrogen) atoms. The molecule has 1 amide bonds. The molecule has 4 rings (SSSR count). The normalized spacial score (nSPS) is 14.7. The van der Waals surface area contributed by atoms with Crippen molar-refractivity contribution in [1.82, 2.24) is 19.7 Å². The van der Waals surface area contributed by atoms with Crippen LogP contribution < -0.4 is 0 Å². The van der Waals surface area contributed by atoms with Gasteiger partial charge in [-0.3, -0.25) is 4.79 Å². The van der Waals surface area contributed by atoms with Crippen molar-refractivity contribution >= 4 is 17.7 Å². The van der Waals surface area contributed by atoms with Crippen LogP contribution in [0.5, 0.6) is 0 Å². The molecular weight excluding hydrogens is 356 g/mol. The standard InChI is InChI=1S/C21H22N4OS/c1-24(2)20(26)18(15-9-5-3-6-10-15)27-21-22-19(16-13-14-16)25(23-21)17-11-7-4-8-12-17/h3-12,16,18H,13-14H2,1-2H3. The fraction of sp³-hybridized carbons (Fsp3) is 0.286. The minimum Gasteiger partial charge on any atom is -0.348 e. The van der Waals surface area contributed by atoms with E-state index in [1.807, 2.05) is 65.3 Å². The van der Waals surface area contributed by atoms with Crippen LogP contribution in [0.25, 0.3) is 5.69 Å². The highest BCUT2D eigenvalue weighted by Crippen LogP contribution is 2.42. The maximum atomic E-state index is 12.8. The summed E-state index contributed by atoms with van der Waals surface area (Å²) in [6.45, 7) is 0. The van der Waals surface area contributed by atoms with E-state index in [0.29, 0.717) is 11.1 Å². The van der Waals surface area contributed by atoms with Crippen LogP contribution in [0.15, 0.2) is 65.8 Å². The number of nitrogens with zero attached hydrogens (tertiary/aromatic N) is 4. The molecule has 1 saturated carbocycles. The lowest BCUT2D eigenvalue weighted by molar-refractivity contribution is -0.128. The maximum Gasteiger partial charge on any atom is 0.240 e. The van der Waals surface area contributed by atoms with Gasteiger partial charge < -0.3 is 4.90 Å². The summed E-state index contributed by atoms with van der Waals surface area (Å²) in [6.07, 6.45) is 2.29. The third-order valence-corrected chi connectivity index (χ3v) is 5.64. The molecule has 1 heterocycles. The van der Waals surface area contributed by atoms with Crippen molar-refractivity contribution in [3.63, 3.8) is 0 Å². The number of aromatic nitrogens is 3. The zero-order chi connectivity index (χ0) is 18.8. The zero-order valence-corrected chi connectivity index (χ0v) is 16.3. The number of thioether (sulfide) groups is 1. The lowest BCUT2D eigenvalue weighted by Crippen LogP contribution is -2.26. The van der Waals surface area contributed by atoms with Gasteiger partial charge in [0, 0.05) is 20.0 Å². The Morgan fingerprint density at radius 1 is 1.07 bits per heavy atom. The van der Waals surface area contributed by atoms with Gasteiger partial charge in [0.15, 0.2) is 0 Å². The van der Waals surface area contributed by atoms with Crippen LogP contribution in [0.3, 0.4) is 0 Å². The van der Waals surface area contributed by atoms with Gasteiger partial charge in [-0.15, -0.1) is 5.10 Å². The van der Waals surface area contributed by atoms with Gasteiger partial charge >= 0.3 is 0 Å². The van der Waals surface area contributed by atoms with E-state index in [1.165, 1.54) is 11.8 Å². The predicted molar refractivity (Wildman–Crippen MR) is 107 cm³/mol. The molecule has 5 nitrogen and oxygen atoms in total. The Bertz CT molecular complexity index is 920. The summed E-state index contributed by atoms with van der Waals surface area (Å²) in [7, 11) is 3.56. The number of rotatable bonds is 6. The molecule has 2 aromatic carbocycles. The number of amides is 1. The van der Waals surface area contributed by atoms with E-state index < -0.39 is 0 Å². The maximum absolute atomic E-state index is 12.8. The minimum absolute atomic E-state index is 0.0373. The Morgan fingerprint density at radius 3 is 2.30 bits per heavy atom. The highest BCUT2D eigenvalue weighted by Gasteiger charge is 2.32. The Balaban J connectivity index is 1.69. The van der Waals surface area contributed by atoms with Gasteiger partial charge in [-0.05, 0) is 30.5 Å². The Kier molecular flexibility index (Phi) is 4.99. The predicted octanol–water partition coefficient (Wildman–Crippen LogP) is 4.07. The molecule has 0 N–H and O–H groups in total. The molecule has 1 fully saturated rings. The van der Waals surface area contributed by atoms with Gasteiger partial charge in [-0.1, -0.05) is 60.3 Å². The zero-order valence-electron chi connectivity index (χ0n) is 15.4. The first-order valence-electron chi connectivity index (χ1n) is 9.08. The monoisotopic (exact) mass is 378 g/mol. The smallest absolute Gasteiger partial charge is 0.240 e. The Labute approximate surface area is 163 Å². The molecule has 0 spiro atoms. The summed E-state index contributed by atoms with van der Waals surface area (Å²) < 4.78 is 1.93. The quantitative estimate of drug-likeness (QED) is 0.607. The molecule has 1 aliphatic rings. The van der Waals surface area contributed by atoms with Crippen LogP contribution in [0.1, 0.15) is 35.4 Å². The summed E-state index contributed by atoms with van der Waals surface area (Å²) in [5.41, 5.74) is 1.97. The molecule has 6 heteroatoms. The molecule has 138 valence electrons. The lowest BCUT2D eigenvalue weighted by atomic mass is 10.1. The van der Waals surface area contributed by atoms with Crippen molar-refractivity contribution in [2.24, 2.45) is 0 Å². The summed E-state index contributed by atoms with van der Waals surface area (Å²) in [5.74, 6) is 1.50. The van der Waals surface area contributed by atoms with Crippen LogP contribution in [0, 0.1) is 0 Å². The van der Waals surface area contributed by atoms with Gasteiger partial charge in [-0.25, -0.2) is 9.67 Å². The first kappa shape index (κ1) is 17.8. The molecule has 0 aliphatic heterocycles. The average Bonchev–Trinajstić information content (AvgIpc) is 3.46.